The summed E-state index contributed by atoms with van der Waals surface area (Å²) in [5.74, 6) is 0.291. The predicted octanol–water partition coefficient (Wildman–Crippen LogP) is 4.81. The average Bonchev–Trinajstić information content (AvgIpc) is 2.44. The third-order valence-corrected chi connectivity index (χ3v) is 4.09. The molecule has 0 saturated heterocycles. The van der Waals surface area contributed by atoms with E-state index in [0.717, 1.165) is 22.9 Å². The lowest BCUT2D eigenvalue weighted by molar-refractivity contribution is -0.153. The van der Waals surface area contributed by atoms with Crippen molar-refractivity contribution in [3.63, 3.8) is 0 Å². The standard InChI is InChI=1S/C15H19BrF3NO/c16-12-6-7-14(21-10-15(17,18)19)11(8-12)9-20-13-4-2-1-3-5-13/h6-8,13,20H,1-5,9-10H2. The predicted molar refractivity (Wildman–Crippen MR) is 79.4 cm³/mol. The molecule has 6 heteroatoms. The van der Waals surface area contributed by atoms with Gasteiger partial charge in [0.2, 0.25) is 0 Å². The lowest BCUT2D eigenvalue weighted by atomic mass is 9.95. The Kier molecular flexibility index (Phi) is 5.93. The molecular weight excluding hydrogens is 347 g/mol. The van der Waals surface area contributed by atoms with Crippen molar-refractivity contribution < 1.29 is 17.9 Å². The van der Waals surface area contributed by atoms with Gasteiger partial charge in [-0.2, -0.15) is 13.2 Å². The van der Waals surface area contributed by atoms with Gasteiger partial charge < -0.3 is 10.1 Å². The highest BCUT2D eigenvalue weighted by Crippen LogP contribution is 2.26. The zero-order chi connectivity index (χ0) is 15.3. The molecule has 2 nitrogen and oxygen atoms in total. The van der Waals surface area contributed by atoms with Gasteiger partial charge in [-0.05, 0) is 31.0 Å². The highest BCUT2D eigenvalue weighted by Gasteiger charge is 2.28. The van der Waals surface area contributed by atoms with Gasteiger partial charge in [-0.1, -0.05) is 35.2 Å². The quantitative estimate of drug-likeness (QED) is 0.807. The van der Waals surface area contributed by atoms with Gasteiger partial charge >= 0.3 is 6.18 Å². The second-order valence-corrected chi connectivity index (χ2v) is 6.29. The summed E-state index contributed by atoms with van der Waals surface area (Å²) in [7, 11) is 0. The van der Waals surface area contributed by atoms with E-state index in [-0.39, 0.29) is 0 Å². The van der Waals surface area contributed by atoms with Crippen molar-refractivity contribution in [1.82, 2.24) is 5.32 Å². The van der Waals surface area contributed by atoms with E-state index in [1.165, 1.54) is 19.3 Å². The molecule has 21 heavy (non-hydrogen) atoms. The zero-order valence-corrected chi connectivity index (χ0v) is 13.3. The molecule has 0 spiro atoms. The molecule has 0 amide bonds. The van der Waals surface area contributed by atoms with Gasteiger partial charge in [0.1, 0.15) is 5.75 Å². The first-order valence-corrected chi connectivity index (χ1v) is 7.95. The first-order chi connectivity index (χ1) is 9.94. The molecule has 1 saturated carbocycles. The van der Waals surface area contributed by atoms with Gasteiger partial charge in [-0.25, -0.2) is 0 Å². The maximum atomic E-state index is 12.3. The Morgan fingerprint density at radius 1 is 1.19 bits per heavy atom. The Balaban J connectivity index is 1.97. The van der Waals surface area contributed by atoms with Crippen LogP contribution < -0.4 is 10.1 Å². The summed E-state index contributed by atoms with van der Waals surface area (Å²) >= 11 is 3.35. The van der Waals surface area contributed by atoms with Gasteiger partial charge in [0, 0.05) is 22.6 Å². The van der Waals surface area contributed by atoms with E-state index in [2.05, 4.69) is 21.2 Å². The number of benzene rings is 1. The molecule has 1 aliphatic rings. The minimum absolute atomic E-state index is 0.291. The third kappa shape index (κ3) is 5.87. The summed E-state index contributed by atoms with van der Waals surface area (Å²) in [4.78, 5) is 0. The summed E-state index contributed by atoms with van der Waals surface area (Å²) in [6.07, 6.45) is 1.65. The molecule has 118 valence electrons. The van der Waals surface area contributed by atoms with Crippen LogP contribution in [-0.4, -0.2) is 18.8 Å². The lowest BCUT2D eigenvalue weighted by Gasteiger charge is -2.23. The van der Waals surface area contributed by atoms with Crippen molar-refractivity contribution >= 4 is 15.9 Å². The largest absolute Gasteiger partial charge is 0.484 e. The number of ether oxygens (including phenoxy) is 1. The molecule has 1 aromatic carbocycles. The van der Waals surface area contributed by atoms with Gasteiger partial charge in [0.25, 0.3) is 0 Å². The molecule has 1 N–H and O–H groups in total. The lowest BCUT2D eigenvalue weighted by Crippen LogP contribution is -2.30. The number of alkyl halides is 3. The molecule has 0 atom stereocenters. The van der Waals surface area contributed by atoms with E-state index in [1.54, 1.807) is 12.1 Å². The molecule has 0 heterocycles. The smallest absolute Gasteiger partial charge is 0.422 e. The fourth-order valence-electron chi connectivity index (χ4n) is 2.55. The van der Waals surface area contributed by atoms with Crippen molar-refractivity contribution in [3.8, 4) is 5.75 Å². The number of nitrogens with one attached hydrogen (secondary N) is 1. The van der Waals surface area contributed by atoms with Crippen molar-refractivity contribution in [2.24, 2.45) is 0 Å². The fraction of sp³-hybridized carbons (Fsp3) is 0.600. The minimum Gasteiger partial charge on any atom is -0.484 e. The molecule has 1 aromatic rings. The van der Waals surface area contributed by atoms with Crippen molar-refractivity contribution in [2.75, 3.05) is 6.61 Å². The van der Waals surface area contributed by atoms with Gasteiger partial charge in [-0.3, -0.25) is 0 Å². The van der Waals surface area contributed by atoms with E-state index >= 15 is 0 Å². The summed E-state index contributed by atoms with van der Waals surface area (Å²) < 4.78 is 42.6. The van der Waals surface area contributed by atoms with Crippen LogP contribution >= 0.6 is 15.9 Å². The molecule has 0 aromatic heterocycles. The first kappa shape index (κ1) is 16.6. The Hall–Kier alpha value is -0.750. The SMILES string of the molecule is FC(F)(F)COc1ccc(Br)cc1CNC1CCCCC1. The Morgan fingerprint density at radius 2 is 1.90 bits per heavy atom. The molecule has 0 unspecified atom stereocenters. The number of hydrogen-bond donors (Lipinski definition) is 1. The summed E-state index contributed by atoms with van der Waals surface area (Å²) in [6, 6.07) is 5.53. The normalized spacial score (nSPS) is 17.0. The summed E-state index contributed by atoms with van der Waals surface area (Å²) in [5.41, 5.74) is 0.749. The maximum Gasteiger partial charge on any atom is 0.422 e. The van der Waals surface area contributed by atoms with Crippen LogP contribution in [0.2, 0.25) is 0 Å². The number of halogens is 4. The van der Waals surface area contributed by atoms with Crippen molar-refractivity contribution in [3.05, 3.63) is 28.2 Å². The third-order valence-electron chi connectivity index (χ3n) is 3.60. The summed E-state index contributed by atoms with van der Waals surface area (Å²) in [5, 5.41) is 3.42. The molecule has 1 aliphatic carbocycles. The average molecular weight is 366 g/mol. The van der Waals surface area contributed by atoms with Crippen LogP contribution in [0, 0.1) is 0 Å². The molecule has 2 rings (SSSR count). The highest BCUT2D eigenvalue weighted by molar-refractivity contribution is 9.10. The van der Waals surface area contributed by atoms with Gasteiger partial charge in [-0.15, -0.1) is 0 Å². The molecule has 0 bridgehead atoms. The van der Waals surface area contributed by atoms with Gasteiger partial charge in [0.05, 0.1) is 0 Å². The Labute approximate surface area is 131 Å². The molecule has 1 fully saturated rings. The zero-order valence-electron chi connectivity index (χ0n) is 11.7. The fourth-order valence-corrected chi connectivity index (χ4v) is 2.96. The van der Waals surface area contributed by atoms with Crippen LogP contribution in [-0.2, 0) is 6.54 Å². The van der Waals surface area contributed by atoms with Crippen molar-refractivity contribution in [2.45, 2.75) is 50.9 Å². The maximum absolute atomic E-state index is 12.3. The van der Waals surface area contributed by atoms with Crippen LogP contribution in [0.3, 0.4) is 0 Å². The molecule has 0 radical (unpaired) electrons. The summed E-state index contributed by atoms with van der Waals surface area (Å²) in [6.45, 7) is -0.734. The number of rotatable bonds is 5. The van der Waals surface area contributed by atoms with Crippen molar-refractivity contribution in [1.29, 1.82) is 0 Å². The van der Waals surface area contributed by atoms with Gasteiger partial charge in [0.15, 0.2) is 6.61 Å². The molecule has 0 aliphatic heterocycles. The van der Waals surface area contributed by atoms with Crippen LogP contribution in [0.1, 0.15) is 37.7 Å². The molecular formula is C15H19BrF3NO. The van der Waals surface area contributed by atoms with Crippen LogP contribution in [0.4, 0.5) is 13.2 Å². The van der Waals surface area contributed by atoms with Crippen LogP contribution in [0.15, 0.2) is 22.7 Å². The topological polar surface area (TPSA) is 21.3 Å². The number of hydrogen-bond acceptors (Lipinski definition) is 2. The van der Waals surface area contributed by atoms with E-state index < -0.39 is 12.8 Å². The van der Waals surface area contributed by atoms with Crippen LogP contribution in [0.5, 0.6) is 5.75 Å². The van der Waals surface area contributed by atoms with E-state index in [9.17, 15) is 13.2 Å². The first-order valence-electron chi connectivity index (χ1n) is 7.15. The van der Waals surface area contributed by atoms with E-state index in [0.29, 0.717) is 18.3 Å². The van der Waals surface area contributed by atoms with E-state index in [1.807, 2.05) is 6.07 Å². The van der Waals surface area contributed by atoms with E-state index in [4.69, 9.17) is 4.74 Å². The second-order valence-electron chi connectivity index (χ2n) is 5.37. The van der Waals surface area contributed by atoms with Crippen LogP contribution in [0.25, 0.3) is 0 Å². The Bertz CT molecular complexity index is 459. The second kappa shape index (κ2) is 7.49. The monoisotopic (exact) mass is 365 g/mol. The highest BCUT2D eigenvalue weighted by atomic mass is 79.9. The minimum atomic E-state index is -4.32. The Morgan fingerprint density at radius 3 is 2.57 bits per heavy atom.